The van der Waals surface area contributed by atoms with Crippen molar-refractivity contribution >= 4 is 30.2 Å². The Morgan fingerprint density at radius 3 is 2.37 bits per heavy atom. The van der Waals surface area contributed by atoms with Gasteiger partial charge in [0.1, 0.15) is 19.1 Å². The van der Waals surface area contributed by atoms with Gasteiger partial charge < -0.3 is 49.4 Å². The van der Waals surface area contributed by atoms with Crippen molar-refractivity contribution in [1.82, 2.24) is 10.2 Å². The van der Waals surface area contributed by atoms with Crippen LogP contribution < -0.4 is 20.5 Å². The third kappa shape index (κ3) is 13.9. The molecule has 1 heterocycles. The summed E-state index contributed by atoms with van der Waals surface area (Å²) in [4.78, 5) is 62.6. The Labute approximate surface area is 307 Å². The molecule has 1 aliphatic rings. The molecule has 1 aromatic carbocycles. The van der Waals surface area contributed by atoms with E-state index in [-0.39, 0.29) is 43.4 Å². The van der Waals surface area contributed by atoms with Gasteiger partial charge in [-0.15, -0.1) is 0 Å². The van der Waals surface area contributed by atoms with Crippen molar-refractivity contribution in [3.8, 4) is 11.5 Å². The number of carbonyl (C=O) groups is 5. The number of carboxylic acid groups (broad SMARTS) is 1. The third-order valence-electron chi connectivity index (χ3n) is 9.45. The lowest BCUT2D eigenvalue weighted by molar-refractivity contribution is -0.146. The minimum Gasteiger partial charge on any atom is -0.493 e. The Kier molecular flexibility index (Phi) is 18.3. The van der Waals surface area contributed by atoms with Crippen molar-refractivity contribution in [1.29, 1.82) is 0 Å². The van der Waals surface area contributed by atoms with E-state index < -0.39 is 60.8 Å². The van der Waals surface area contributed by atoms with Crippen LogP contribution in [0, 0.1) is 29.1 Å². The predicted octanol–water partition coefficient (Wildman–Crippen LogP) is 3.79. The van der Waals surface area contributed by atoms with Crippen molar-refractivity contribution in [3.63, 3.8) is 0 Å². The number of nitrogens with two attached hydrogens (primary N) is 1. The van der Waals surface area contributed by atoms with Crippen molar-refractivity contribution in [2.45, 2.75) is 91.9 Å². The summed E-state index contributed by atoms with van der Waals surface area (Å²) >= 11 is 0. The average Bonchev–Trinajstić information content (AvgIpc) is 3.48. The first-order chi connectivity index (χ1) is 24.5. The van der Waals surface area contributed by atoms with Gasteiger partial charge in [-0.3, -0.25) is 19.3 Å². The van der Waals surface area contributed by atoms with Crippen LogP contribution in [0.4, 0.5) is 4.79 Å². The van der Waals surface area contributed by atoms with Crippen LogP contribution in [0.15, 0.2) is 18.2 Å². The number of primary amides is 1. The summed E-state index contributed by atoms with van der Waals surface area (Å²) in [5.41, 5.74) is 5.58. The molecule has 1 aromatic rings. The highest BCUT2D eigenvalue weighted by atomic mass is 16.7. The molecule has 294 valence electrons. The van der Waals surface area contributed by atoms with E-state index in [1.54, 1.807) is 28.1 Å². The highest BCUT2D eigenvalue weighted by Crippen LogP contribution is 2.36. The van der Waals surface area contributed by atoms with Crippen LogP contribution >= 0.6 is 0 Å². The number of hydrogen-bond donors (Lipinski definition) is 3. The smallest absolute Gasteiger partial charge is 0.414 e. The molecule has 0 bridgehead atoms. The fourth-order valence-electron chi connectivity index (χ4n) is 5.86. The van der Waals surface area contributed by atoms with Crippen molar-refractivity contribution in [3.05, 3.63) is 23.8 Å². The van der Waals surface area contributed by atoms with Gasteiger partial charge in [-0.25, -0.2) is 4.79 Å². The summed E-state index contributed by atoms with van der Waals surface area (Å²) in [5.74, 6) is -1.21. The van der Waals surface area contributed by atoms with Crippen LogP contribution in [-0.4, -0.2) is 106 Å². The van der Waals surface area contributed by atoms with Gasteiger partial charge in [-0.05, 0) is 68.6 Å². The van der Waals surface area contributed by atoms with Crippen LogP contribution in [0.1, 0.15) is 72.8 Å². The standard InChI is InChI=1S/C37H59N3O12/c1-23(2)26(14-25-10-11-30(48-8)32(15-25)49-13-9-12-47-7)16-29-31(18-28(24(3)4)34(44)39-20-37(5,6)35(38)45)50-21-40(29)36(46)52-22-51-27(19-41)17-33(42)43/h10-11,15,19,23-24,26-29,31H,9,12-14,16-18,20-22H2,1-8H3,(H2,38,45)(H,39,44)(H,42,43)/t26-,27?,28-,29-,31-/m0/s1. The molecular formula is C37H59N3O12. The van der Waals surface area contributed by atoms with Gasteiger partial charge in [-0.2, -0.15) is 0 Å². The molecule has 15 nitrogen and oxygen atoms in total. The van der Waals surface area contributed by atoms with E-state index in [0.29, 0.717) is 50.3 Å². The Bertz CT molecular complexity index is 1320. The van der Waals surface area contributed by atoms with Crippen molar-refractivity contribution in [2.75, 3.05) is 47.5 Å². The lowest BCUT2D eigenvalue weighted by Gasteiger charge is -2.33. The van der Waals surface area contributed by atoms with Gasteiger partial charge in [0.2, 0.25) is 11.8 Å². The summed E-state index contributed by atoms with van der Waals surface area (Å²) < 4.78 is 33.4. The summed E-state index contributed by atoms with van der Waals surface area (Å²) in [5, 5.41) is 11.9. The lowest BCUT2D eigenvalue weighted by Crippen LogP contribution is -2.47. The number of carboxylic acids is 1. The molecule has 2 rings (SSSR count). The maximum atomic E-state index is 13.5. The predicted molar refractivity (Wildman–Crippen MR) is 190 cm³/mol. The number of amides is 3. The van der Waals surface area contributed by atoms with E-state index >= 15 is 0 Å². The molecule has 5 atom stereocenters. The normalized spacial score (nSPS) is 17.8. The van der Waals surface area contributed by atoms with Crippen LogP contribution in [0.3, 0.4) is 0 Å². The van der Waals surface area contributed by atoms with Crippen LogP contribution in [-0.2, 0) is 44.5 Å². The first-order valence-electron chi connectivity index (χ1n) is 17.7. The Balaban J connectivity index is 2.35. The molecule has 15 heteroatoms. The molecule has 1 fully saturated rings. The zero-order valence-corrected chi connectivity index (χ0v) is 31.9. The molecule has 3 amide bonds. The topological polar surface area (TPSA) is 202 Å². The number of aliphatic carboxylic acids is 1. The fourth-order valence-corrected chi connectivity index (χ4v) is 5.86. The largest absolute Gasteiger partial charge is 0.493 e. The maximum Gasteiger partial charge on any atom is 0.414 e. The summed E-state index contributed by atoms with van der Waals surface area (Å²) in [7, 11) is 3.22. The Morgan fingerprint density at radius 2 is 1.79 bits per heavy atom. The molecule has 0 spiro atoms. The molecule has 0 aliphatic carbocycles. The van der Waals surface area contributed by atoms with E-state index in [0.717, 1.165) is 5.56 Å². The lowest BCUT2D eigenvalue weighted by atomic mass is 9.80. The number of aldehydes is 1. The number of ether oxygens (including phenoxy) is 6. The zero-order chi connectivity index (χ0) is 39.0. The highest BCUT2D eigenvalue weighted by molar-refractivity contribution is 5.83. The number of methoxy groups -OCH3 is 2. The summed E-state index contributed by atoms with van der Waals surface area (Å²) in [6.45, 7) is 11.7. The highest BCUT2D eigenvalue weighted by Gasteiger charge is 2.43. The molecular weight excluding hydrogens is 678 g/mol. The van der Waals surface area contributed by atoms with Gasteiger partial charge >= 0.3 is 12.1 Å². The summed E-state index contributed by atoms with van der Waals surface area (Å²) in [6.07, 6.45) is -0.710. The quantitative estimate of drug-likeness (QED) is 0.0789. The fraction of sp³-hybridized carbons (Fsp3) is 0.703. The minimum atomic E-state index is -1.28. The van der Waals surface area contributed by atoms with E-state index in [1.807, 2.05) is 32.0 Å². The second-order valence-electron chi connectivity index (χ2n) is 14.5. The number of nitrogens with zero attached hydrogens (tertiary/aromatic N) is 1. The van der Waals surface area contributed by atoms with E-state index in [2.05, 4.69) is 19.2 Å². The second kappa shape index (κ2) is 21.5. The number of nitrogens with one attached hydrogen (secondary N) is 1. The van der Waals surface area contributed by atoms with Gasteiger partial charge in [0.25, 0.3) is 0 Å². The number of carbonyl (C=O) groups excluding carboxylic acids is 4. The van der Waals surface area contributed by atoms with Crippen LogP contribution in [0.25, 0.3) is 0 Å². The monoisotopic (exact) mass is 737 g/mol. The van der Waals surface area contributed by atoms with E-state index in [4.69, 9.17) is 39.3 Å². The van der Waals surface area contributed by atoms with Crippen molar-refractivity contribution in [2.24, 2.45) is 34.8 Å². The first-order valence-corrected chi connectivity index (χ1v) is 17.7. The number of benzene rings is 1. The van der Waals surface area contributed by atoms with Gasteiger partial charge in [0, 0.05) is 32.6 Å². The van der Waals surface area contributed by atoms with Crippen LogP contribution in [0.5, 0.6) is 11.5 Å². The van der Waals surface area contributed by atoms with Crippen molar-refractivity contribution < 1.29 is 57.5 Å². The molecule has 0 saturated carbocycles. The summed E-state index contributed by atoms with van der Waals surface area (Å²) in [6, 6.07) is 5.29. The molecule has 1 saturated heterocycles. The Hall–Kier alpha value is -3.95. The Morgan fingerprint density at radius 1 is 1.08 bits per heavy atom. The molecule has 52 heavy (non-hydrogen) atoms. The molecule has 1 unspecified atom stereocenters. The van der Waals surface area contributed by atoms with Crippen LogP contribution in [0.2, 0.25) is 0 Å². The number of hydrogen-bond acceptors (Lipinski definition) is 11. The zero-order valence-electron chi connectivity index (χ0n) is 31.9. The second-order valence-corrected chi connectivity index (χ2v) is 14.5. The third-order valence-corrected chi connectivity index (χ3v) is 9.45. The van der Waals surface area contributed by atoms with Gasteiger partial charge in [0.05, 0.1) is 37.7 Å². The number of rotatable bonds is 24. The van der Waals surface area contributed by atoms with Gasteiger partial charge in [0.15, 0.2) is 18.3 Å². The molecule has 0 radical (unpaired) electrons. The SMILES string of the molecule is COCCCOc1cc(C[C@@H](C[C@H]2[C@H](C[C@H](C(=O)NCC(C)(C)C(N)=O)C(C)C)OCN2C(=O)OCOC(C=O)CC(=O)O)C(C)C)ccc1OC. The van der Waals surface area contributed by atoms with Gasteiger partial charge in [-0.1, -0.05) is 33.8 Å². The maximum absolute atomic E-state index is 13.5. The molecule has 4 N–H and O–H groups in total. The first kappa shape index (κ1) is 44.2. The average molecular weight is 738 g/mol. The molecule has 0 aromatic heterocycles. The van der Waals surface area contributed by atoms with E-state index in [9.17, 15) is 24.0 Å². The minimum absolute atomic E-state index is 0.0354. The molecule has 1 aliphatic heterocycles. The van der Waals surface area contributed by atoms with E-state index in [1.165, 1.54) is 4.90 Å².